The number of nitrogens with one attached hydrogen (secondary N) is 1. The number of carbonyl (C=O) groups excluding carboxylic acids is 1. The Morgan fingerprint density at radius 1 is 1.24 bits per heavy atom. The number of amides is 1. The van der Waals surface area contributed by atoms with Crippen molar-refractivity contribution in [2.45, 2.75) is 51.7 Å². The van der Waals surface area contributed by atoms with Gasteiger partial charge in [-0.2, -0.15) is 0 Å². The zero-order chi connectivity index (χ0) is 13.0. The van der Waals surface area contributed by atoms with Crippen molar-refractivity contribution in [3.63, 3.8) is 0 Å². The number of likely N-dealkylation sites (tertiary alicyclic amines) is 1. The van der Waals surface area contributed by atoms with Gasteiger partial charge in [-0.15, -0.1) is 0 Å². The Labute approximate surface area is 105 Å². The molecule has 0 aromatic heterocycles. The van der Waals surface area contributed by atoms with Gasteiger partial charge in [0.05, 0.1) is 6.04 Å². The number of rotatable bonds is 4. The third-order valence-corrected chi connectivity index (χ3v) is 3.56. The molecule has 4 nitrogen and oxygen atoms in total. The first kappa shape index (κ1) is 14.5. The number of likely N-dealkylation sites (N-methyl/N-ethyl adjacent to an activating group) is 1. The van der Waals surface area contributed by atoms with Crippen LogP contribution in [0, 0.1) is 0 Å². The molecular formula is C13H27N3O. The molecule has 1 unspecified atom stereocenters. The zero-order valence-electron chi connectivity index (χ0n) is 11.9. The van der Waals surface area contributed by atoms with Crippen molar-refractivity contribution in [3.05, 3.63) is 0 Å². The highest BCUT2D eigenvalue weighted by molar-refractivity contribution is 5.80. The SMILES string of the molecule is CC(NC1CCN(C(C)C)CC1)C(=O)N(C)C. The maximum atomic E-state index is 11.7. The van der Waals surface area contributed by atoms with Gasteiger partial charge in [-0.3, -0.25) is 4.79 Å². The predicted octanol–water partition coefficient (Wildman–Crippen LogP) is 0.925. The number of piperidine rings is 1. The van der Waals surface area contributed by atoms with E-state index in [2.05, 4.69) is 24.1 Å². The van der Waals surface area contributed by atoms with Gasteiger partial charge >= 0.3 is 0 Å². The van der Waals surface area contributed by atoms with Crippen molar-refractivity contribution in [1.29, 1.82) is 0 Å². The Kier molecular flexibility index (Phi) is 5.40. The second-order valence-corrected chi connectivity index (χ2v) is 5.53. The van der Waals surface area contributed by atoms with Crippen LogP contribution in [0.5, 0.6) is 0 Å². The van der Waals surface area contributed by atoms with Gasteiger partial charge in [-0.05, 0) is 46.7 Å². The molecule has 0 aromatic rings. The average molecular weight is 241 g/mol. The molecule has 1 saturated heterocycles. The van der Waals surface area contributed by atoms with Crippen LogP contribution in [0.3, 0.4) is 0 Å². The Balaban J connectivity index is 2.33. The predicted molar refractivity (Wildman–Crippen MR) is 71.0 cm³/mol. The summed E-state index contributed by atoms with van der Waals surface area (Å²) in [5.74, 6) is 0.163. The van der Waals surface area contributed by atoms with Crippen molar-refractivity contribution in [3.8, 4) is 0 Å². The lowest BCUT2D eigenvalue weighted by Gasteiger charge is -2.36. The quantitative estimate of drug-likeness (QED) is 0.795. The molecule has 1 rings (SSSR count). The van der Waals surface area contributed by atoms with Gasteiger partial charge in [0, 0.05) is 26.2 Å². The minimum absolute atomic E-state index is 0.0689. The summed E-state index contributed by atoms with van der Waals surface area (Å²) >= 11 is 0. The molecule has 1 aliphatic rings. The van der Waals surface area contributed by atoms with Gasteiger partial charge in [0.25, 0.3) is 0 Å². The third-order valence-electron chi connectivity index (χ3n) is 3.56. The molecule has 0 aromatic carbocycles. The second-order valence-electron chi connectivity index (χ2n) is 5.53. The maximum absolute atomic E-state index is 11.7. The van der Waals surface area contributed by atoms with Crippen molar-refractivity contribution in [2.75, 3.05) is 27.2 Å². The molecular weight excluding hydrogens is 214 g/mol. The summed E-state index contributed by atoms with van der Waals surface area (Å²) in [4.78, 5) is 15.9. The first-order valence-electron chi connectivity index (χ1n) is 6.63. The molecule has 1 aliphatic heterocycles. The zero-order valence-corrected chi connectivity index (χ0v) is 11.9. The van der Waals surface area contributed by atoms with E-state index in [1.165, 1.54) is 0 Å². The van der Waals surface area contributed by atoms with E-state index in [9.17, 15) is 4.79 Å². The summed E-state index contributed by atoms with van der Waals surface area (Å²) < 4.78 is 0. The fourth-order valence-corrected chi connectivity index (χ4v) is 2.39. The molecule has 0 spiro atoms. The topological polar surface area (TPSA) is 35.6 Å². The molecule has 0 aliphatic carbocycles. The van der Waals surface area contributed by atoms with E-state index in [0.29, 0.717) is 12.1 Å². The molecule has 0 saturated carbocycles. The Morgan fingerprint density at radius 2 is 1.76 bits per heavy atom. The third kappa shape index (κ3) is 4.28. The molecule has 0 bridgehead atoms. The van der Waals surface area contributed by atoms with Gasteiger partial charge in [-0.1, -0.05) is 0 Å². The van der Waals surface area contributed by atoms with Crippen LogP contribution in [0.15, 0.2) is 0 Å². The van der Waals surface area contributed by atoms with E-state index in [1.807, 2.05) is 21.0 Å². The number of carbonyl (C=O) groups is 1. The normalized spacial score (nSPS) is 20.6. The van der Waals surface area contributed by atoms with Crippen molar-refractivity contribution in [2.24, 2.45) is 0 Å². The van der Waals surface area contributed by atoms with Gasteiger partial charge in [0.1, 0.15) is 0 Å². The summed E-state index contributed by atoms with van der Waals surface area (Å²) in [6.45, 7) is 8.71. The summed E-state index contributed by atoms with van der Waals surface area (Å²) in [6, 6.07) is 1.06. The molecule has 100 valence electrons. The van der Waals surface area contributed by atoms with Gasteiger partial charge < -0.3 is 15.1 Å². The minimum atomic E-state index is -0.0689. The Morgan fingerprint density at radius 3 is 2.18 bits per heavy atom. The van der Waals surface area contributed by atoms with Crippen molar-refractivity contribution in [1.82, 2.24) is 15.1 Å². The molecule has 1 atom stereocenters. The molecule has 1 heterocycles. The number of hydrogen-bond donors (Lipinski definition) is 1. The molecule has 1 N–H and O–H groups in total. The lowest BCUT2D eigenvalue weighted by molar-refractivity contribution is -0.130. The van der Waals surface area contributed by atoms with Crippen LogP contribution in [0.4, 0.5) is 0 Å². The average Bonchev–Trinajstić information content (AvgIpc) is 2.28. The minimum Gasteiger partial charge on any atom is -0.347 e. The van der Waals surface area contributed by atoms with E-state index in [-0.39, 0.29) is 11.9 Å². The highest BCUT2D eigenvalue weighted by Crippen LogP contribution is 2.13. The highest BCUT2D eigenvalue weighted by Gasteiger charge is 2.24. The van der Waals surface area contributed by atoms with Crippen molar-refractivity contribution < 1.29 is 4.79 Å². The lowest BCUT2D eigenvalue weighted by Crippen LogP contribution is -2.51. The summed E-state index contributed by atoms with van der Waals surface area (Å²) in [7, 11) is 3.61. The van der Waals surface area contributed by atoms with Crippen LogP contribution in [0.2, 0.25) is 0 Å². The fraction of sp³-hybridized carbons (Fsp3) is 0.923. The molecule has 17 heavy (non-hydrogen) atoms. The standard InChI is InChI=1S/C13H27N3O/c1-10(2)16-8-6-12(7-9-16)14-11(3)13(17)15(4)5/h10-12,14H,6-9H2,1-5H3. The number of hydrogen-bond acceptors (Lipinski definition) is 3. The first-order valence-corrected chi connectivity index (χ1v) is 6.63. The monoisotopic (exact) mass is 241 g/mol. The van der Waals surface area contributed by atoms with E-state index in [0.717, 1.165) is 25.9 Å². The number of nitrogens with zero attached hydrogens (tertiary/aromatic N) is 2. The van der Waals surface area contributed by atoms with Crippen LogP contribution < -0.4 is 5.32 Å². The summed E-state index contributed by atoms with van der Waals surface area (Å²) in [5, 5.41) is 3.44. The van der Waals surface area contributed by atoms with Gasteiger partial charge in [0.15, 0.2) is 0 Å². The first-order chi connectivity index (χ1) is 7.91. The van der Waals surface area contributed by atoms with Crippen LogP contribution in [-0.4, -0.2) is 61.0 Å². The highest BCUT2D eigenvalue weighted by atomic mass is 16.2. The largest absolute Gasteiger partial charge is 0.347 e. The lowest BCUT2D eigenvalue weighted by atomic mass is 10.0. The Hall–Kier alpha value is -0.610. The van der Waals surface area contributed by atoms with E-state index >= 15 is 0 Å². The van der Waals surface area contributed by atoms with Crippen LogP contribution in [-0.2, 0) is 4.79 Å². The van der Waals surface area contributed by atoms with E-state index in [1.54, 1.807) is 4.90 Å². The van der Waals surface area contributed by atoms with Crippen molar-refractivity contribution >= 4 is 5.91 Å². The molecule has 4 heteroatoms. The summed E-state index contributed by atoms with van der Waals surface area (Å²) in [5.41, 5.74) is 0. The van der Waals surface area contributed by atoms with E-state index in [4.69, 9.17) is 0 Å². The summed E-state index contributed by atoms with van der Waals surface area (Å²) in [6.07, 6.45) is 2.28. The molecule has 1 amide bonds. The van der Waals surface area contributed by atoms with E-state index < -0.39 is 0 Å². The van der Waals surface area contributed by atoms with Crippen LogP contribution in [0.1, 0.15) is 33.6 Å². The second kappa shape index (κ2) is 6.36. The van der Waals surface area contributed by atoms with Crippen LogP contribution in [0.25, 0.3) is 0 Å². The maximum Gasteiger partial charge on any atom is 0.238 e. The van der Waals surface area contributed by atoms with Crippen LogP contribution >= 0.6 is 0 Å². The molecule has 0 radical (unpaired) electrons. The Bertz CT molecular complexity index is 245. The fourth-order valence-electron chi connectivity index (χ4n) is 2.39. The van der Waals surface area contributed by atoms with Gasteiger partial charge in [-0.25, -0.2) is 0 Å². The van der Waals surface area contributed by atoms with Gasteiger partial charge in [0.2, 0.25) is 5.91 Å². The smallest absolute Gasteiger partial charge is 0.238 e. The molecule has 1 fully saturated rings.